The van der Waals surface area contributed by atoms with E-state index in [1.165, 1.54) is 117 Å². The standard InChI is InChI=1S/C42H34N4/c1-3-9-31-25-39-37(23-29(31)7-1)35-11-5-21-43-41(35)45(39)33-17-13-27(14-18-33)28-15-19-34(20-16-28)46-40-26-32-10-4-2-8-30(32)24-38(40)36-12-6-22-44-42(36)46/h5-6,11-26H,1-4,7-10H2. The molecule has 0 unspecified atom stereocenters. The van der Waals surface area contributed by atoms with Crippen molar-refractivity contribution in [1.82, 2.24) is 19.1 Å². The van der Waals surface area contributed by atoms with Crippen molar-refractivity contribution in [1.29, 1.82) is 0 Å². The predicted molar refractivity (Wildman–Crippen MR) is 189 cm³/mol. The Morgan fingerprint density at radius 3 is 1.22 bits per heavy atom. The molecule has 4 heteroatoms. The Morgan fingerprint density at radius 2 is 0.804 bits per heavy atom. The fourth-order valence-electron chi connectivity index (χ4n) is 8.27. The first-order valence-corrected chi connectivity index (χ1v) is 16.8. The average molecular weight is 595 g/mol. The molecule has 8 aromatic rings. The smallest absolute Gasteiger partial charge is 0.145 e. The number of aryl methyl sites for hydroxylation is 4. The molecule has 4 aromatic heterocycles. The van der Waals surface area contributed by atoms with E-state index < -0.39 is 0 Å². The summed E-state index contributed by atoms with van der Waals surface area (Å²) >= 11 is 0. The van der Waals surface area contributed by atoms with E-state index in [0.29, 0.717) is 0 Å². The van der Waals surface area contributed by atoms with Gasteiger partial charge in [0, 0.05) is 45.3 Å². The summed E-state index contributed by atoms with van der Waals surface area (Å²) in [6, 6.07) is 36.2. The van der Waals surface area contributed by atoms with Gasteiger partial charge in [0.15, 0.2) is 0 Å². The van der Waals surface area contributed by atoms with Crippen molar-refractivity contribution in [3.63, 3.8) is 0 Å². The van der Waals surface area contributed by atoms with Crippen molar-refractivity contribution in [2.75, 3.05) is 0 Å². The van der Waals surface area contributed by atoms with Gasteiger partial charge in [0.05, 0.1) is 11.0 Å². The van der Waals surface area contributed by atoms with Crippen LogP contribution in [-0.2, 0) is 25.7 Å². The summed E-state index contributed by atoms with van der Waals surface area (Å²) in [5, 5.41) is 5.07. The molecule has 0 saturated carbocycles. The van der Waals surface area contributed by atoms with Crippen LogP contribution in [0.25, 0.3) is 66.4 Å². The number of hydrogen-bond acceptors (Lipinski definition) is 2. The van der Waals surface area contributed by atoms with Crippen molar-refractivity contribution in [3.05, 3.63) is 132 Å². The van der Waals surface area contributed by atoms with E-state index in [9.17, 15) is 0 Å². The lowest BCUT2D eigenvalue weighted by Gasteiger charge is -2.17. The number of rotatable bonds is 3. The van der Waals surface area contributed by atoms with Crippen molar-refractivity contribution >= 4 is 43.9 Å². The summed E-state index contributed by atoms with van der Waals surface area (Å²) in [5.74, 6) is 0. The van der Waals surface area contributed by atoms with Gasteiger partial charge >= 0.3 is 0 Å². The highest BCUT2D eigenvalue weighted by molar-refractivity contribution is 6.09. The van der Waals surface area contributed by atoms with Gasteiger partial charge in [-0.25, -0.2) is 9.97 Å². The van der Waals surface area contributed by atoms with Crippen LogP contribution in [-0.4, -0.2) is 19.1 Å². The van der Waals surface area contributed by atoms with Crippen molar-refractivity contribution in [2.45, 2.75) is 51.4 Å². The molecule has 0 radical (unpaired) electrons. The fourth-order valence-corrected chi connectivity index (χ4v) is 8.27. The molecule has 46 heavy (non-hydrogen) atoms. The molecular formula is C42H34N4. The molecule has 4 aromatic carbocycles. The molecule has 0 saturated heterocycles. The third kappa shape index (κ3) is 3.92. The van der Waals surface area contributed by atoms with E-state index in [1.54, 1.807) is 0 Å². The minimum atomic E-state index is 1.03. The zero-order chi connectivity index (χ0) is 30.2. The van der Waals surface area contributed by atoms with Crippen LogP contribution >= 0.6 is 0 Å². The van der Waals surface area contributed by atoms with E-state index in [-0.39, 0.29) is 0 Å². The number of aromatic nitrogens is 4. The lowest BCUT2D eigenvalue weighted by atomic mass is 9.90. The van der Waals surface area contributed by atoms with Gasteiger partial charge in [0.25, 0.3) is 0 Å². The molecule has 0 aliphatic heterocycles. The van der Waals surface area contributed by atoms with Crippen LogP contribution in [0, 0.1) is 0 Å². The van der Waals surface area contributed by atoms with Crippen LogP contribution in [0.1, 0.15) is 47.9 Å². The van der Waals surface area contributed by atoms with Gasteiger partial charge in [-0.15, -0.1) is 0 Å². The van der Waals surface area contributed by atoms with Crippen LogP contribution in [0.2, 0.25) is 0 Å². The highest BCUT2D eigenvalue weighted by Crippen LogP contribution is 2.37. The second-order valence-electron chi connectivity index (χ2n) is 13.2. The molecular weight excluding hydrogens is 560 g/mol. The maximum atomic E-state index is 4.86. The zero-order valence-electron chi connectivity index (χ0n) is 25.8. The SMILES string of the molecule is c1cnc2c(c1)c1cc3c(cc1n2-c1ccc(-c2ccc(-n4c5cc6c(cc5c5cccnc54)CCCC6)cc2)cc1)CCCC3. The summed E-state index contributed by atoms with van der Waals surface area (Å²) in [6.07, 6.45) is 13.7. The molecule has 2 aliphatic carbocycles. The lowest BCUT2D eigenvalue weighted by molar-refractivity contribution is 0.687. The molecule has 10 rings (SSSR count). The number of pyridine rings is 2. The second kappa shape index (κ2) is 10.1. The van der Waals surface area contributed by atoms with E-state index in [2.05, 4.69) is 106 Å². The Morgan fingerprint density at radius 1 is 0.413 bits per heavy atom. The normalized spacial score (nSPS) is 14.7. The minimum absolute atomic E-state index is 1.03. The Bertz CT molecular complexity index is 2280. The van der Waals surface area contributed by atoms with E-state index in [4.69, 9.17) is 9.97 Å². The molecule has 4 nitrogen and oxygen atoms in total. The first-order valence-electron chi connectivity index (χ1n) is 16.8. The monoisotopic (exact) mass is 594 g/mol. The van der Waals surface area contributed by atoms with Crippen LogP contribution in [0.5, 0.6) is 0 Å². The molecule has 2 aliphatic rings. The van der Waals surface area contributed by atoms with Gasteiger partial charge in [-0.1, -0.05) is 24.3 Å². The summed E-state index contributed by atoms with van der Waals surface area (Å²) in [7, 11) is 0. The molecule has 0 amide bonds. The fraction of sp³-hybridized carbons (Fsp3) is 0.190. The lowest BCUT2D eigenvalue weighted by Crippen LogP contribution is -2.03. The number of fused-ring (bicyclic) bond motifs is 8. The molecule has 0 N–H and O–H groups in total. The van der Waals surface area contributed by atoms with Crippen LogP contribution in [0.15, 0.2) is 109 Å². The maximum Gasteiger partial charge on any atom is 0.145 e. The molecule has 0 bridgehead atoms. The maximum absolute atomic E-state index is 4.86. The Kier molecular flexibility index (Phi) is 5.75. The second-order valence-corrected chi connectivity index (χ2v) is 13.2. The molecule has 4 heterocycles. The van der Waals surface area contributed by atoms with Gasteiger partial charge in [-0.05, 0) is 158 Å². The number of nitrogens with zero attached hydrogens (tertiary/aromatic N) is 4. The molecule has 0 spiro atoms. The van der Waals surface area contributed by atoms with Gasteiger partial charge in [-0.2, -0.15) is 0 Å². The highest BCUT2D eigenvalue weighted by atomic mass is 15.1. The van der Waals surface area contributed by atoms with E-state index in [1.807, 2.05) is 12.4 Å². The Labute approximate surface area is 268 Å². The van der Waals surface area contributed by atoms with Crippen molar-refractivity contribution < 1.29 is 0 Å². The largest absolute Gasteiger partial charge is 0.294 e. The van der Waals surface area contributed by atoms with Gasteiger partial charge < -0.3 is 0 Å². The topological polar surface area (TPSA) is 35.6 Å². The third-order valence-electron chi connectivity index (χ3n) is 10.6. The number of hydrogen-bond donors (Lipinski definition) is 0. The first kappa shape index (κ1) is 26.0. The molecule has 222 valence electrons. The van der Waals surface area contributed by atoms with E-state index >= 15 is 0 Å². The van der Waals surface area contributed by atoms with Crippen LogP contribution in [0.4, 0.5) is 0 Å². The van der Waals surface area contributed by atoms with Crippen LogP contribution < -0.4 is 0 Å². The summed E-state index contributed by atoms with van der Waals surface area (Å²) < 4.78 is 4.70. The van der Waals surface area contributed by atoms with Gasteiger partial charge in [0.2, 0.25) is 0 Å². The zero-order valence-corrected chi connectivity index (χ0v) is 25.8. The average Bonchev–Trinajstić information content (AvgIpc) is 3.61. The summed E-state index contributed by atoms with van der Waals surface area (Å²) in [6.45, 7) is 0. The Balaban J connectivity index is 1.04. The quantitative estimate of drug-likeness (QED) is 0.204. The summed E-state index contributed by atoms with van der Waals surface area (Å²) in [4.78, 5) is 9.72. The van der Waals surface area contributed by atoms with Crippen molar-refractivity contribution in [2.24, 2.45) is 0 Å². The predicted octanol–water partition coefficient (Wildman–Crippen LogP) is 10.1. The van der Waals surface area contributed by atoms with Gasteiger partial charge in [0.1, 0.15) is 11.3 Å². The molecule has 0 atom stereocenters. The third-order valence-corrected chi connectivity index (χ3v) is 10.6. The Hall–Kier alpha value is -5.22. The number of benzene rings is 4. The minimum Gasteiger partial charge on any atom is -0.294 e. The first-order chi connectivity index (χ1) is 22.8. The van der Waals surface area contributed by atoms with Crippen LogP contribution in [0.3, 0.4) is 0 Å². The molecule has 0 fully saturated rings. The highest BCUT2D eigenvalue weighted by Gasteiger charge is 2.19. The van der Waals surface area contributed by atoms with Crippen molar-refractivity contribution in [3.8, 4) is 22.5 Å². The van der Waals surface area contributed by atoms with Gasteiger partial charge in [-0.3, -0.25) is 9.13 Å². The summed E-state index contributed by atoms with van der Waals surface area (Å²) in [5.41, 5.74) is 15.3. The van der Waals surface area contributed by atoms with E-state index in [0.717, 1.165) is 22.7 Å².